The summed E-state index contributed by atoms with van der Waals surface area (Å²) in [4.78, 5) is 0. The van der Waals surface area contributed by atoms with E-state index in [1.165, 1.54) is 145 Å². The minimum absolute atomic E-state index is 1.25. The first-order valence-corrected chi connectivity index (χ1v) is 13.0. The molecule has 24 heavy (non-hydrogen) atoms. The number of rotatable bonds is 21. The van der Waals surface area contributed by atoms with Crippen LogP contribution in [0.5, 0.6) is 0 Å². The van der Waals surface area contributed by atoms with E-state index in [1.54, 1.807) is 0 Å². The normalized spacial score (nSPS) is 11.4. The molecular weight excluding hydrogens is 306 g/mol. The minimum Gasteiger partial charge on any atom is -0.317 e. The molecule has 0 rings (SSSR count). The van der Waals surface area contributed by atoms with Gasteiger partial charge >= 0.3 is 0 Å². The van der Waals surface area contributed by atoms with Gasteiger partial charge in [0, 0.05) is 10.2 Å². The molecule has 0 fully saturated rings. The van der Waals surface area contributed by atoms with E-state index in [0.717, 1.165) is 0 Å². The molecule has 0 amide bonds. The highest BCUT2D eigenvalue weighted by Crippen LogP contribution is 2.13. The van der Waals surface area contributed by atoms with Crippen molar-refractivity contribution in [2.24, 2.45) is 0 Å². The summed E-state index contributed by atoms with van der Waals surface area (Å²) in [6, 6.07) is 1.45. The predicted octanol–water partition coefficient (Wildman–Crippen LogP) is 6.40. The summed E-state index contributed by atoms with van der Waals surface area (Å²) in [6.45, 7) is 4.80. The van der Waals surface area contributed by atoms with E-state index in [0.29, 0.717) is 0 Å². The number of nitrogens with one attached hydrogen (secondary N) is 1. The maximum absolute atomic E-state index is 3.56. The smallest absolute Gasteiger partial charge is 0.00286 e. The van der Waals surface area contributed by atoms with Gasteiger partial charge in [0.05, 0.1) is 0 Å². The molecule has 0 aliphatic rings. The lowest BCUT2D eigenvalue weighted by molar-refractivity contribution is 0.523. The third kappa shape index (κ3) is 22.2. The first-order chi connectivity index (χ1) is 11.9. The Labute approximate surface area is 157 Å². The Bertz CT molecular complexity index is 186. The van der Waals surface area contributed by atoms with Crippen LogP contribution in [0, 0.1) is 0 Å². The van der Waals surface area contributed by atoms with E-state index in [-0.39, 0.29) is 0 Å². The van der Waals surface area contributed by atoms with Crippen molar-refractivity contribution in [1.29, 1.82) is 0 Å². The van der Waals surface area contributed by atoms with Gasteiger partial charge in [0.1, 0.15) is 0 Å². The zero-order valence-electron chi connectivity index (χ0n) is 17.3. The Balaban J connectivity index is 2.93. The van der Waals surface area contributed by atoms with Crippen LogP contribution in [0.3, 0.4) is 0 Å². The van der Waals surface area contributed by atoms with Crippen LogP contribution in [0.25, 0.3) is 0 Å². The molecule has 0 aromatic rings. The van der Waals surface area contributed by atoms with Crippen molar-refractivity contribution in [3.63, 3.8) is 0 Å². The van der Waals surface area contributed by atoms with E-state index in [4.69, 9.17) is 0 Å². The van der Waals surface area contributed by atoms with Crippen molar-refractivity contribution in [2.45, 2.75) is 129 Å². The van der Waals surface area contributed by atoms with Gasteiger partial charge in [-0.15, -0.1) is 0 Å². The Morgan fingerprint density at radius 1 is 0.458 bits per heavy atom. The molecule has 0 heterocycles. The minimum atomic E-state index is 1.25. The van der Waals surface area contributed by atoms with Gasteiger partial charge in [-0.1, -0.05) is 116 Å². The molecule has 0 spiro atoms. The average molecular weight is 356 g/mol. The Hall–Kier alpha value is 0.177. The highest BCUT2D eigenvalue weighted by molar-refractivity contribution is 6.08. The first kappa shape index (κ1) is 24.2. The van der Waals surface area contributed by atoms with E-state index in [1.807, 2.05) is 0 Å². The molecule has 2 heteroatoms. The van der Waals surface area contributed by atoms with Gasteiger partial charge < -0.3 is 5.32 Å². The summed E-state index contributed by atoms with van der Waals surface area (Å²) in [5, 5.41) is 3.56. The van der Waals surface area contributed by atoms with Crippen molar-refractivity contribution < 1.29 is 0 Å². The van der Waals surface area contributed by atoms with E-state index < -0.39 is 0 Å². The van der Waals surface area contributed by atoms with Crippen LogP contribution in [0.15, 0.2) is 0 Å². The maximum atomic E-state index is 3.56. The molecule has 1 nitrogen and oxygen atoms in total. The molecule has 1 N–H and O–H groups in total. The van der Waals surface area contributed by atoms with Crippen LogP contribution < -0.4 is 5.32 Å². The van der Waals surface area contributed by atoms with Crippen molar-refractivity contribution >= 4 is 10.2 Å². The lowest BCUT2D eigenvalue weighted by Crippen LogP contribution is -2.16. The molecule has 0 radical (unpaired) electrons. The molecule has 0 unspecified atom stereocenters. The Morgan fingerprint density at radius 2 is 0.792 bits per heavy atom. The van der Waals surface area contributed by atoms with Gasteiger partial charge in [-0.05, 0) is 25.9 Å². The van der Waals surface area contributed by atoms with Crippen LogP contribution in [0.2, 0.25) is 6.04 Å². The fraction of sp³-hybridized carbons (Fsp3) is 1.00. The van der Waals surface area contributed by atoms with E-state index in [9.17, 15) is 0 Å². The van der Waals surface area contributed by atoms with Gasteiger partial charge in [0.25, 0.3) is 0 Å². The first-order valence-electron chi connectivity index (χ1n) is 11.6. The summed E-state index contributed by atoms with van der Waals surface area (Å²) < 4.78 is 0. The van der Waals surface area contributed by atoms with E-state index in [2.05, 4.69) is 12.2 Å². The van der Waals surface area contributed by atoms with Crippen LogP contribution in [-0.2, 0) is 0 Å². The topological polar surface area (TPSA) is 12.0 Å². The highest BCUT2D eigenvalue weighted by atomic mass is 28.1. The van der Waals surface area contributed by atoms with Crippen LogP contribution >= 0.6 is 0 Å². The second-order valence-corrected chi connectivity index (χ2v) is 8.76. The summed E-state index contributed by atoms with van der Waals surface area (Å²) in [7, 11) is 1.37. The monoisotopic (exact) mass is 355 g/mol. The third-order valence-electron chi connectivity index (χ3n) is 5.16. The van der Waals surface area contributed by atoms with Crippen molar-refractivity contribution in [3.8, 4) is 0 Å². The molecule has 0 saturated carbocycles. The second kappa shape index (κ2) is 23.2. The SMILES string of the molecule is CCCCCCCCCCCCCCCCCCCNCCC[SiH3]. The van der Waals surface area contributed by atoms with Gasteiger partial charge in [0.15, 0.2) is 0 Å². The zero-order chi connectivity index (χ0) is 17.6. The fourth-order valence-corrected chi connectivity index (χ4v) is 3.76. The molecule has 0 atom stereocenters. The van der Waals surface area contributed by atoms with Gasteiger partial charge in [-0.3, -0.25) is 0 Å². The number of hydrogen-bond donors (Lipinski definition) is 1. The molecule has 0 bridgehead atoms. The average Bonchev–Trinajstić information content (AvgIpc) is 2.60. The summed E-state index contributed by atoms with van der Waals surface area (Å²) >= 11 is 0. The quantitative estimate of drug-likeness (QED) is 0.185. The number of unbranched alkanes of at least 4 members (excludes halogenated alkanes) is 16. The van der Waals surface area contributed by atoms with Crippen molar-refractivity contribution in [2.75, 3.05) is 13.1 Å². The van der Waals surface area contributed by atoms with Crippen molar-refractivity contribution in [3.05, 3.63) is 0 Å². The molecule has 0 aliphatic carbocycles. The van der Waals surface area contributed by atoms with Crippen LogP contribution in [-0.4, -0.2) is 23.3 Å². The van der Waals surface area contributed by atoms with Crippen molar-refractivity contribution in [1.82, 2.24) is 5.32 Å². The summed E-state index contributed by atoms with van der Waals surface area (Å²) in [6.07, 6.45) is 26.3. The van der Waals surface area contributed by atoms with Crippen LogP contribution in [0.1, 0.15) is 122 Å². The predicted molar refractivity (Wildman–Crippen MR) is 116 cm³/mol. The second-order valence-electron chi connectivity index (χ2n) is 7.76. The zero-order valence-corrected chi connectivity index (χ0v) is 19.3. The maximum Gasteiger partial charge on any atom is 0.00286 e. The Morgan fingerprint density at radius 3 is 1.17 bits per heavy atom. The molecular formula is C22H49NSi. The standard InChI is InChI=1S/C22H49NSi/c1-2-3-4-5-6-7-8-9-10-11-12-13-14-15-16-17-18-20-23-21-19-22-24/h23H,2-22H2,1,24H3. The molecule has 0 aliphatic heterocycles. The van der Waals surface area contributed by atoms with E-state index >= 15 is 0 Å². The number of hydrogen-bond acceptors (Lipinski definition) is 1. The lowest BCUT2D eigenvalue weighted by Gasteiger charge is -2.04. The third-order valence-corrected chi connectivity index (χ3v) is 5.87. The largest absolute Gasteiger partial charge is 0.317 e. The highest BCUT2D eigenvalue weighted by Gasteiger charge is 1.95. The van der Waals surface area contributed by atoms with Crippen LogP contribution in [0.4, 0.5) is 0 Å². The molecule has 146 valence electrons. The molecule has 0 aromatic carbocycles. The van der Waals surface area contributed by atoms with Gasteiger partial charge in [-0.2, -0.15) is 0 Å². The van der Waals surface area contributed by atoms with Gasteiger partial charge in [-0.25, -0.2) is 0 Å². The Kier molecular flexibility index (Phi) is 23.3. The molecule has 0 aromatic heterocycles. The summed E-state index contributed by atoms with van der Waals surface area (Å²) in [5.41, 5.74) is 0. The summed E-state index contributed by atoms with van der Waals surface area (Å²) in [5.74, 6) is 0. The fourth-order valence-electron chi connectivity index (χ4n) is 3.40. The molecule has 0 saturated heterocycles. The lowest BCUT2D eigenvalue weighted by atomic mass is 10.0. The van der Waals surface area contributed by atoms with Gasteiger partial charge in [0.2, 0.25) is 0 Å².